The Labute approximate surface area is 135 Å². The van der Waals surface area contributed by atoms with Crippen molar-refractivity contribution < 1.29 is 23.1 Å². The summed E-state index contributed by atoms with van der Waals surface area (Å²) in [7, 11) is 0. The summed E-state index contributed by atoms with van der Waals surface area (Å²) in [6.07, 6.45) is -4.17. The largest absolute Gasteiger partial charge is 0.508 e. The molecule has 122 valence electrons. The molecule has 0 aromatic heterocycles. The van der Waals surface area contributed by atoms with Gasteiger partial charge in [0.05, 0.1) is 10.6 Å². The molecular weight excluding hydrogens is 331 g/mol. The first kappa shape index (κ1) is 17.1. The summed E-state index contributed by atoms with van der Waals surface area (Å²) in [5.74, 6) is -0.506. The smallest absolute Gasteiger partial charge is 0.417 e. The predicted octanol–water partition coefficient (Wildman–Crippen LogP) is 4.04. The topological polar surface area (TPSA) is 49.3 Å². The average molecular weight is 344 g/mol. The molecule has 0 aliphatic carbocycles. The fourth-order valence-corrected chi connectivity index (χ4v) is 2.24. The molecule has 0 saturated carbocycles. The number of carbonyl (C=O) groups is 1. The van der Waals surface area contributed by atoms with Crippen LogP contribution in [0.5, 0.6) is 5.75 Å². The van der Waals surface area contributed by atoms with Gasteiger partial charge in [-0.15, -0.1) is 0 Å². The minimum atomic E-state index is -4.62. The van der Waals surface area contributed by atoms with E-state index in [0.717, 1.165) is 17.7 Å². The van der Waals surface area contributed by atoms with Gasteiger partial charge in [0.1, 0.15) is 5.75 Å². The summed E-state index contributed by atoms with van der Waals surface area (Å²) in [4.78, 5) is 11.9. The third-order valence-electron chi connectivity index (χ3n) is 3.14. The molecule has 0 aliphatic heterocycles. The molecule has 23 heavy (non-hydrogen) atoms. The lowest BCUT2D eigenvalue weighted by molar-refractivity contribution is -0.137. The van der Waals surface area contributed by atoms with E-state index < -0.39 is 22.7 Å². The standard InChI is InChI=1S/C16H13ClF3NO2/c17-14-5-4-11(9-13(14)16(18,19)20)15(23)21-7-6-10-2-1-3-12(22)8-10/h1-5,8-9,22H,6-7H2,(H,21,23). The maximum atomic E-state index is 12.8. The van der Waals surface area contributed by atoms with E-state index in [9.17, 15) is 23.1 Å². The molecule has 2 N–H and O–H groups in total. The number of hydrogen-bond donors (Lipinski definition) is 2. The summed E-state index contributed by atoms with van der Waals surface area (Å²) < 4.78 is 38.3. The number of amides is 1. The zero-order valence-corrected chi connectivity index (χ0v) is 12.6. The maximum absolute atomic E-state index is 12.8. The molecule has 0 radical (unpaired) electrons. The van der Waals surface area contributed by atoms with Crippen LogP contribution in [0.25, 0.3) is 0 Å². The quantitative estimate of drug-likeness (QED) is 0.880. The molecule has 2 aromatic carbocycles. The first-order valence-electron chi connectivity index (χ1n) is 6.70. The zero-order chi connectivity index (χ0) is 17.0. The number of aromatic hydroxyl groups is 1. The molecule has 0 aliphatic rings. The highest BCUT2D eigenvalue weighted by atomic mass is 35.5. The summed E-state index contributed by atoms with van der Waals surface area (Å²) in [6, 6.07) is 9.53. The highest BCUT2D eigenvalue weighted by Gasteiger charge is 2.33. The highest BCUT2D eigenvalue weighted by molar-refractivity contribution is 6.31. The van der Waals surface area contributed by atoms with Gasteiger partial charge in [-0.2, -0.15) is 13.2 Å². The second-order valence-corrected chi connectivity index (χ2v) is 5.28. The van der Waals surface area contributed by atoms with Gasteiger partial charge < -0.3 is 10.4 Å². The molecule has 0 atom stereocenters. The number of alkyl halides is 3. The van der Waals surface area contributed by atoms with Gasteiger partial charge >= 0.3 is 6.18 Å². The van der Waals surface area contributed by atoms with Gasteiger partial charge in [0.2, 0.25) is 0 Å². The molecular formula is C16H13ClF3NO2. The van der Waals surface area contributed by atoms with Crippen molar-refractivity contribution in [2.75, 3.05) is 6.54 Å². The predicted molar refractivity (Wildman–Crippen MR) is 80.6 cm³/mol. The van der Waals surface area contributed by atoms with E-state index in [-0.39, 0.29) is 17.9 Å². The van der Waals surface area contributed by atoms with Crippen molar-refractivity contribution in [2.24, 2.45) is 0 Å². The Morgan fingerprint density at radius 1 is 1.17 bits per heavy atom. The molecule has 0 saturated heterocycles. The van der Waals surface area contributed by atoms with Crippen LogP contribution in [-0.2, 0) is 12.6 Å². The lowest BCUT2D eigenvalue weighted by Gasteiger charge is -2.11. The van der Waals surface area contributed by atoms with Gasteiger partial charge in [-0.3, -0.25) is 4.79 Å². The SMILES string of the molecule is O=C(NCCc1cccc(O)c1)c1ccc(Cl)c(C(F)(F)F)c1. The van der Waals surface area contributed by atoms with Crippen LogP contribution in [0, 0.1) is 0 Å². The summed E-state index contributed by atoms with van der Waals surface area (Å²) in [5.41, 5.74) is -0.352. The number of hydrogen-bond acceptors (Lipinski definition) is 2. The Hall–Kier alpha value is -2.21. The monoisotopic (exact) mass is 343 g/mol. The van der Waals surface area contributed by atoms with Crippen LogP contribution in [0.3, 0.4) is 0 Å². The van der Waals surface area contributed by atoms with Gasteiger partial charge in [-0.1, -0.05) is 23.7 Å². The van der Waals surface area contributed by atoms with Crippen molar-refractivity contribution in [2.45, 2.75) is 12.6 Å². The number of carbonyl (C=O) groups excluding carboxylic acids is 1. The molecule has 0 fully saturated rings. The van der Waals surface area contributed by atoms with E-state index in [0.29, 0.717) is 6.42 Å². The van der Waals surface area contributed by atoms with Gasteiger partial charge in [0.25, 0.3) is 5.91 Å². The van der Waals surface area contributed by atoms with E-state index in [1.807, 2.05) is 0 Å². The third-order valence-corrected chi connectivity index (χ3v) is 3.47. The Balaban J connectivity index is 2.01. The second kappa shape index (κ2) is 6.91. The van der Waals surface area contributed by atoms with Crippen LogP contribution in [-0.4, -0.2) is 17.6 Å². The number of halogens is 4. The number of phenols is 1. The summed E-state index contributed by atoms with van der Waals surface area (Å²) in [5, 5.41) is 11.4. The lowest BCUT2D eigenvalue weighted by Crippen LogP contribution is -2.26. The van der Waals surface area contributed by atoms with E-state index in [4.69, 9.17) is 11.6 Å². The van der Waals surface area contributed by atoms with Crippen LogP contribution >= 0.6 is 11.6 Å². The molecule has 2 rings (SSSR count). The van der Waals surface area contributed by atoms with Crippen LogP contribution < -0.4 is 5.32 Å². The van der Waals surface area contributed by atoms with Gasteiger partial charge in [-0.25, -0.2) is 0 Å². The average Bonchev–Trinajstić information content (AvgIpc) is 2.46. The van der Waals surface area contributed by atoms with Crippen molar-refractivity contribution in [1.82, 2.24) is 5.32 Å². The van der Waals surface area contributed by atoms with Crippen LogP contribution in [0.2, 0.25) is 5.02 Å². The third kappa shape index (κ3) is 4.63. The van der Waals surface area contributed by atoms with E-state index in [1.54, 1.807) is 18.2 Å². The summed E-state index contributed by atoms with van der Waals surface area (Å²) in [6.45, 7) is 0.228. The Morgan fingerprint density at radius 2 is 1.91 bits per heavy atom. The molecule has 2 aromatic rings. The number of benzene rings is 2. The van der Waals surface area contributed by atoms with Crippen LogP contribution in [0.1, 0.15) is 21.5 Å². The fraction of sp³-hybridized carbons (Fsp3) is 0.188. The van der Waals surface area contributed by atoms with Gasteiger partial charge in [-0.05, 0) is 42.3 Å². The van der Waals surface area contributed by atoms with E-state index >= 15 is 0 Å². The van der Waals surface area contributed by atoms with Crippen molar-refractivity contribution >= 4 is 17.5 Å². The normalized spacial score (nSPS) is 11.3. The lowest BCUT2D eigenvalue weighted by atomic mass is 10.1. The molecule has 0 spiro atoms. The molecule has 1 amide bonds. The Bertz CT molecular complexity index is 717. The molecule has 0 bridgehead atoms. The minimum Gasteiger partial charge on any atom is -0.508 e. The van der Waals surface area contributed by atoms with Crippen molar-refractivity contribution in [3.05, 3.63) is 64.2 Å². The zero-order valence-electron chi connectivity index (χ0n) is 11.8. The Kier molecular flexibility index (Phi) is 5.15. The number of phenolic OH excluding ortho intramolecular Hbond substituents is 1. The highest BCUT2D eigenvalue weighted by Crippen LogP contribution is 2.35. The fourth-order valence-electron chi connectivity index (χ4n) is 2.02. The summed E-state index contributed by atoms with van der Waals surface area (Å²) >= 11 is 5.51. The number of rotatable bonds is 4. The minimum absolute atomic E-state index is 0.112. The molecule has 0 unspecified atom stereocenters. The van der Waals surface area contributed by atoms with Crippen LogP contribution in [0.4, 0.5) is 13.2 Å². The van der Waals surface area contributed by atoms with Gasteiger partial charge in [0, 0.05) is 12.1 Å². The maximum Gasteiger partial charge on any atom is 0.417 e. The van der Waals surface area contributed by atoms with E-state index in [2.05, 4.69) is 5.32 Å². The Morgan fingerprint density at radius 3 is 2.57 bits per heavy atom. The molecule has 0 heterocycles. The molecule has 7 heteroatoms. The first-order valence-corrected chi connectivity index (χ1v) is 7.08. The van der Waals surface area contributed by atoms with Crippen molar-refractivity contribution in [3.63, 3.8) is 0 Å². The van der Waals surface area contributed by atoms with Crippen molar-refractivity contribution in [3.8, 4) is 5.75 Å². The molecule has 3 nitrogen and oxygen atoms in total. The number of nitrogens with one attached hydrogen (secondary N) is 1. The second-order valence-electron chi connectivity index (χ2n) is 4.87. The van der Waals surface area contributed by atoms with Gasteiger partial charge in [0.15, 0.2) is 0 Å². The van der Waals surface area contributed by atoms with Crippen molar-refractivity contribution in [1.29, 1.82) is 0 Å². The van der Waals surface area contributed by atoms with Crippen LogP contribution in [0.15, 0.2) is 42.5 Å². The first-order chi connectivity index (χ1) is 10.8. The van der Waals surface area contributed by atoms with E-state index in [1.165, 1.54) is 12.1 Å².